The second kappa shape index (κ2) is 7.69. The second-order valence-electron chi connectivity index (χ2n) is 3.89. The topological polar surface area (TPSA) is 25.8 Å². The molecule has 1 atom stereocenters. The molecule has 1 rings (SSSR count). The third kappa shape index (κ3) is 4.78. The molecule has 0 bridgehead atoms. The van der Waals surface area contributed by atoms with Crippen molar-refractivity contribution in [3.05, 3.63) is 11.3 Å². The summed E-state index contributed by atoms with van der Waals surface area (Å²) in [4.78, 5) is 4.29. The van der Waals surface area contributed by atoms with E-state index in [4.69, 9.17) is 0 Å². The van der Waals surface area contributed by atoms with Crippen LogP contribution in [0, 0.1) is 0 Å². The molecule has 0 radical (unpaired) electrons. The van der Waals surface area contributed by atoms with Crippen molar-refractivity contribution in [1.82, 2.24) is 9.36 Å². The Morgan fingerprint density at radius 2 is 2.14 bits per heavy atom. The Balaban J connectivity index is 2.07. The van der Waals surface area contributed by atoms with Crippen molar-refractivity contribution in [3.63, 3.8) is 0 Å². The summed E-state index contributed by atoms with van der Waals surface area (Å²) in [5, 5.41) is 0. The first-order chi connectivity index (χ1) is 6.84. The Bertz CT molecular complexity index is 226. The van der Waals surface area contributed by atoms with Crippen molar-refractivity contribution in [2.24, 2.45) is 0 Å². The average Bonchev–Trinajstić information content (AvgIpc) is 2.70. The molecule has 0 aliphatic rings. The summed E-state index contributed by atoms with van der Waals surface area (Å²) in [5.41, 5.74) is 1.86. The number of hydrogen-bond acceptors (Lipinski definition) is 3. The zero-order chi connectivity index (χ0) is 10.2. The van der Waals surface area contributed by atoms with Crippen molar-refractivity contribution in [3.8, 4) is 0 Å². The molecule has 0 spiro atoms. The Morgan fingerprint density at radius 3 is 2.79 bits per heavy atom. The van der Waals surface area contributed by atoms with E-state index in [1.54, 1.807) is 0 Å². The number of unbranched alkanes of at least 4 members (excludes halogenated alkanes) is 4. The fourth-order valence-electron chi connectivity index (χ4n) is 1.58. The number of hydrogen-bond donors (Lipinski definition) is 0. The monoisotopic (exact) mass is 314 g/mol. The summed E-state index contributed by atoms with van der Waals surface area (Å²) in [5.74, 6) is 1.13. The van der Waals surface area contributed by atoms with E-state index < -0.39 is 0 Å². The molecule has 2 nitrogen and oxygen atoms in total. The van der Waals surface area contributed by atoms with Crippen LogP contribution in [0.25, 0.3) is 0 Å². The molecule has 0 saturated carbocycles. The van der Waals surface area contributed by atoms with E-state index in [1.165, 1.54) is 50.1 Å². The minimum atomic E-state index is 0.665. The fraction of sp³-hybridized carbons (Fsp3) is 0.800. The maximum absolute atomic E-state index is 4.31. The van der Waals surface area contributed by atoms with Crippen LogP contribution in [0.3, 0.4) is 0 Å². The van der Waals surface area contributed by atoms with E-state index in [2.05, 4.69) is 16.3 Å². The van der Waals surface area contributed by atoms with Gasteiger partial charge in [-0.25, -0.2) is 0 Å². The van der Waals surface area contributed by atoms with Gasteiger partial charge < -0.3 is 0 Å². The third-order valence-corrected chi connectivity index (χ3v) is 6.17. The van der Waals surface area contributed by atoms with E-state index in [0.29, 0.717) is 24.4 Å². The quantitative estimate of drug-likeness (QED) is 0.723. The van der Waals surface area contributed by atoms with Gasteiger partial charge in [0.1, 0.15) is 0 Å². The molecule has 0 amide bonds. The van der Waals surface area contributed by atoms with Crippen LogP contribution in [-0.2, 0) is 0 Å². The standard InChI is InChI=1S/C10H17N2S.In.2H/c1-2-3-4-5-6-7-8-10-11-9-13-12-10;;;/h8-9H,2-7H2,1H3;;;. The summed E-state index contributed by atoms with van der Waals surface area (Å²) in [6, 6.07) is 0. The third-order valence-electron chi connectivity index (χ3n) is 2.56. The van der Waals surface area contributed by atoms with E-state index in [0.717, 1.165) is 9.50 Å². The fourth-order valence-corrected chi connectivity index (χ4v) is 4.61. The zero-order valence-electron chi connectivity index (χ0n) is 9.20. The molecular formula is C10H19InN2S. The summed E-state index contributed by atoms with van der Waals surface area (Å²) in [6.07, 6.45) is 8.24. The average molecular weight is 314 g/mol. The van der Waals surface area contributed by atoms with E-state index in [-0.39, 0.29) is 0 Å². The zero-order valence-corrected chi connectivity index (χ0v) is 15.7. The summed E-state index contributed by atoms with van der Waals surface area (Å²) >= 11 is 2.15. The molecule has 1 unspecified atom stereocenters. The van der Waals surface area contributed by atoms with Crippen LogP contribution in [0.4, 0.5) is 0 Å². The Morgan fingerprint density at radius 1 is 1.36 bits per heavy atom. The van der Waals surface area contributed by atoms with Gasteiger partial charge in [-0.15, -0.1) is 0 Å². The van der Waals surface area contributed by atoms with E-state index in [1.807, 2.05) is 5.51 Å². The predicted octanol–water partition coefficient (Wildman–Crippen LogP) is 2.57. The van der Waals surface area contributed by atoms with Gasteiger partial charge in [0.05, 0.1) is 0 Å². The molecule has 0 aliphatic heterocycles. The van der Waals surface area contributed by atoms with Crippen molar-refractivity contribution >= 4 is 35.9 Å². The molecule has 0 fully saturated rings. The van der Waals surface area contributed by atoms with Crippen LogP contribution in [0.15, 0.2) is 5.51 Å². The molecule has 0 N–H and O–H groups in total. The number of nitrogens with zero attached hydrogens (tertiary/aromatic N) is 2. The molecule has 0 aliphatic carbocycles. The molecule has 78 valence electrons. The number of rotatable bonds is 7. The Hall–Kier alpha value is 0.430. The molecule has 0 aromatic carbocycles. The van der Waals surface area contributed by atoms with Crippen LogP contribution in [0.2, 0.25) is 0 Å². The van der Waals surface area contributed by atoms with Gasteiger partial charge in [0.15, 0.2) is 0 Å². The van der Waals surface area contributed by atoms with Crippen LogP contribution < -0.4 is 0 Å². The molecule has 1 aromatic heterocycles. The molecule has 1 aromatic rings. The number of aromatic nitrogens is 2. The summed E-state index contributed by atoms with van der Waals surface area (Å²) in [7, 11) is 0. The van der Waals surface area contributed by atoms with Crippen LogP contribution in [-0.4, -0.2) is 33.7 Å². The Kier molecular flexibility index (Phi) is 6.86. The first-order valence-electron chi connectivity index (χ1n) is 5.61. The maximum atomic E-state index is 4.31. The molecule has 0 saturated heterocycles. The van der Waals surface area contributed by atoms with Crippen LogP contribution >= 0.6 is 11.5 Å². The molecule has 4 heteroatoms. The van der Waals surface area contributed by atoms with Gasteiger partial charge in [0, 0.05) is 0 Å². The van der Waals surface area contributed by atoms with Gasteiger partial charge in [-0.2, -0.15) is 0 Å². The summed E-state index contributed by atoms with van der Waals surface area (Å²) < 4.78 is 5.07. The van der Waals surface area contributed by atoms with Gasteiger partial charge in [-0.3, -0.25) is 0 Å². The van der Waals surface area contributed by atoms with Gasteiger partial charge in [-0.1, -0.05) is 0 Å². The first kappa shape index (κ1) is 12.5. The first-order valence-corrected chi connectivity index (χ1v) is 9.74. The van der Waals surface area contributed by atoms with E-state index >= 15 is 0 Å². The predicted molar refractivity (Wildman–Crippen MR) is 64.6 cm³/mol. The SMILES string of the molecule is CCCCCCC[CH]([InH2])c1ncsn1. The molecular weight excluding hydrogens is 295 g/mol. The molecule has 1 heterocycles. The molecule has 14 heavy (non-hydrogen) atoms. The normalized spacial score (nSPS) is 12.9. The van der Waals surface area contributed by atoms with Gasteiger partial charge in [0.25, 0.3) is 0 Å². The van der Waals surface area contributed by atoms with Crippen LogP contribution in [0.5, 0.6) is 0 Å². The van der Waals surface area contributed by atoms with Gasteiger partial charge in [0.2, 0.25) is 0 Å². The van der Waals surface area contributed by atoms with Crippen molar-refractivity contribution in [2.45, 2.75) is 49.1 Å². The van der Waals surface area contributed by atoms with Gasteiger partial charge >= 0.3 is 106 Å². The van der Waals surface area contributed by atoms with Crippen molar-refractivity contribution in [2.75, 3.05) is 0 Å². The van der Waals surface area contributed by atoms with Gasteiger partial charge in [-0.05, 0) is 0 Å². The van der Waals surface area contributed by atoms with Crippen molar-refractivity contribution in [1.29, 1.82) is 0 Å². The summed E-state index contributed by atoms with van der Waals surface area (Å²) in [6.45, 7) is 2.26. The van der Waals surface area contributed by atoms with Crippen molar-refractivity contribution < 1.29 is 0 Å². The van der Waals surface area contributed by atoms with E-state index in [9.17, 15) is 0 Å². The minimum absolute atomic E-state index is 0.665. The Labute approximate surface area is 105 Å². The second-order valence-corrected chi connectivity index (χ2v) is 8.48. The van der Waals surface area contributed by atoms with Crippen LogP contribution in [0.1, 0.15) is 54.9 Å².